The van der Waals surface area contributed by atoms with Crippen molar-refractivity contribution in [2.75, 3.05) is 5.32 Å². The van der Waals surface area contributed by atoms with Gasteiger partial charge in [0.25, 0.3) is 0 Å². The number of nitrogens with one attached hydrogen (secondary N) is 1. The fourth-order valence-corrected chi connectivity index (χ4v) is 3.36. The third-order valence-corrected chi connectivity index (χ3v) is 4.23. The fraction of sp³-hybridized carbons (Fsp3) is 0.636. The second-order valence-corrected chi connectivity index (χ2v) is 5.76. The topological polar surface area (TPSA) is 62.2 Å². The van der Waals surface area contributed by atoms with E-state index in [1.165, 1.54) is 17.8 Å². The molecule has 0 bridgehead atoms. The highest BCUT2D eigenvalue weighted by Crippen LogP contribution is 2.35. The summed E-state index contributed by atoms with van der Waals surface area (Å²) in [4.78, 5) is 15.1. The van der Waals surface area contributed by atoms with Gasteiger partial charge in [-0.2, -0.15) is 0 Å². The predicted octanol–water partition coefficient (Wildman–Crippen LogP) is 3.39. The number of carbonyl (C=O) groups is 1. The van der Waals surface area contributed by atoms with Crippen molar-refractivity contribution >= 4 is 34.0 Å². The van der Waals surface area contributed by atoms with Gasteiger partial charge in [-0.15, -0.1) is 11.3 Å². The molecule has 0 aromatic carbocycles. The van der Waals surface area contributed by atoms with E-state index in [0.29, 0.717) is 5.15 Å². The summed E-state index contributed by atoms with van der Waals surface area (Å²) >= 11 is 7.19. The first-order valence-electron chi connectivity index (χ1n) is 5.71. The molecule has 1 fully saturated rings. The molecule has 1 heterocycles. The number of hydrogen-bond acceptors (Lipinski definition) is 4. The predicted molar refractivity (Wildman–Crippen MR) is 68.8 cm³/mol. The minimum Gasteiger partial charge on any atom is -0.481 e. The molecule has 0 unspecified atom stereocenters. The lowest BCUT2D eigenvalue weighted by atomic mass is 9.79. The van der Waals surface area contributed by atoms with Crippen LogP contribution in [-0.2, 0) is 4.79 Å². The molecule has 1 aliphatic rings. The molecule has 94 valence electrons. The van der Waals surface area contributed by atoms with Gasteiger partial charge in [0.05, 0.1) is 6.42 Å². The molecule has 0 spiro atoms. The van der Waals surface area contributed by atoms with Crippen molar-refractivity contribution in [2.24, 2.45) is 0 Å². The van der Waals surface area contributed by atoms with Gasteiger partial charge in [-0.05, 0) is 12.8 Å². The molecule has 0 saturated heterocycles. The van der Waals surface area contributed by atoms with Gasteiger partial charge in [-0.3, -0.25) is 4.79 Å². The van der Waals surface area contributed by atoms with Gasteiger partial charge in [-0.1, -0.05) is 30.9 Å². The molecule has 1 saturated carbocycles. The van der Waals surface area contributed by atoms with Gasteiger partial charge in [0.15, 0.2) is 5.13 Å². The van der Waals surface area contributed by atoms with Crippen LogP contribution in [0.15, 0.2) is 5.38 Å². The van der Waals surface area contributed by atoms with Crippen LogP contribution in [0.3, 0.4) is 0 Å². The minimum absolute atomic E-state index is 0.143. The molecule has 6 heteroatoms. The van der Waals surface area contributed by atoms with Gasteiger partial charge in [0, 0.05) is 10.9 Å². The highest BCUT2D eigenvalue weighted by atomic mass is 35.5. The number of rotatable bonds is 4. The van der Waals surface area contributed by atoms with E-state index < -0.39 is 5.97 Å². The standard InChI is InChI=1S/C11H15ClN2O2S/c12-8-7-17-10(13-8)14-11(6-9(15)16)4-2-1-3-5-11/h7H,1-6H2,(H,13,14)(H,15,16). The van der Waals surface area contributed by atoms with E-state index in [1.54, 1.807) is 5.38 Å². The number of carboxylic acids is 1. The van der Waals surface area contributed by atoms with Gasteiger partial charge in [-0.25, -0.2) is 4.98 Å². The number of nitrogens with zero attached hydrogens (tertiary/aromatic N) is 1. The van der Waals surface area contributed by atoms with E-state index >= 15 is 0 Å². The van der Waals surface area contributed by atoms with Crippen LogP contribution < -0.4 is 5.32 Å². The fourth-order valence-electron chi connectivity index (χ4n) is 2.40. The Balaban J connectivity index is 2.12. The maximum atomic E-state index is 11.0. The Morgan fingerprint density at radius 3 is 2.76 bits per heavy atom. The zero-order valence-electron chi connectivity index (χ0n) is 9.41. The number of aromatic nitrogens is 1. The lowest BCUT2D eigenvalue weighted by molar-refractivity contribution is -0.138. The zero-order chi connectivity index (χ0) is 12.3. The summed E-state index contributed by atoms with van der Waals surface area (Å²) in [6.07, 6.45) is 5.23. The Morgan fingerprint density at radius 1 is 1.53 bits per heavy atom. The normalized spacial score (nSPS) is 18.9. The lowest BCUT2D eigenvalue weighted by Crippen LogP contribution is -2.42. The summed E-state index contributed by atoms with van der Waals surface area (Å²) in [6, 6.07) is 0. The molecule has 0 amide bonds. The SMILES string of the molecule is O=C(O)CC1(Nc2nc(Cl)cs2)CCCCC1. The Morgan fingerprint density at radius 2 is 2.24 bits per heavy atom. The van der Waals surface area contributed by atoms with Gasteiger partial charge < -0.3 is 10.4 Å². The Bertz CT molecular complexity index is 402. The van der Waals surface area contributed by atoms with Crippen molar-refractivity contribution in [3.8, 4) is 0 Å². The van der Waals surface area contributed by atoms with E-state index in [0.717, 1.165) is 30.8 Å². The number of thiazole rings is 1. The Hall–Kier alpha value is -0.810. The third-order valence-electron chi connectivity index (χ3n) is 3.15. The average molecular weight is 275 g/mol. The van der Waals surface area contributed by atoms with Crippen LogP contribution in [0.25, 0.3) is 0 Å². The first-order valence-corrected chi connectivity index (χ1v) is 6.96. The molecule has 0 aliphatic heterocycles. The Kier molecular flexibility index (Phi) is 3.89. The van der Waals surface area contributed by atoms with Crippen LogP contribution in [0.1, 0.15) is 38.5 Å². The summed E-state index contributed by atoms with van der Waals surface area (Å²) in [7, 11) is 0. The van der Waals surface area contributed by atoms with E-state index in [2.05, 4.69) is 10.3 Å². The van der Waals surface area contributed by atoms with Gasteiger partial charge >= 0.3 is 5.97 Å². The van der Waals surface area contributed by atoms with E-state index in [4.69, 9.17) is 16.7 Å². The van der Waals surface area contributed by atoms with Crippen LogP contribution >= 0.6 is 22.9 Å². The molecule has 2 rings (SSSR count). The van der Waals surface area contributed by atoms with Crippen molar-refractivity contribution in [2.45, 2.75) is 44.1 Å². The highest BCUT2D eigenvalue weighted by molar-refractivity contribution is 7.14. The van der Waals surface area contributed by atoms with Crippen molar-refractivity contribution in [1.82, 2.24) is 4.98 Å². The van der Waals surface area contributed by atoms with Crippen molar-refractivity contribution in [1.29, 1.82) is 0 Å². The van der Waals surface area contributed by atoms with Crippen LogP contribution in [-0.4, -0.2) is 21.6 Å². The first kappa shape index (κ1) is 12.6. The summed E-state index contributed by atoms with van der Waals surface area (Å²) < 4.78 is 0. The summed E-state index contributed by atoms with van der Waals surface area (Å²) in [5.74, 6) is -0.762. The lowest BCUT2D eigenvalue weighted by Gasteiger charge is -2.36. The zero-order valence-corrected chi connectivity index (χ0v) is 11.0. The quantitative estimate of drug-likeness (QED) is 0.883. The molecule has 1 aliphatic carbocycles. The molecule has 1 aromatic rings. The Labute approximate surface area is 109 Å². The van der Waals surface area contributed by atoms with Crippen LogP contribution in [0, 0.1) is 0 Å². The maximum absolute atomic E-state index is 11.0. The van der Waals surface area contributed by atoms with E-state index in [1.807, 2.05) is 0 Å². The second kappa shape index (κ2) is 5.23. The van der Waals surface area contributed by atoms with Crippen LogP contribution in [0.2, 0.25) is 5.15 Å². The molecule has 0 radical (unpaired) electrons. The molecule has 2 N–H and O–H groups in total. The molecule has 17 heavy (non-hydrogen) atoms. The van der Waals surface area contributed by atoms with Gasteiger partial charge in [0.1, 0.15) is 5.15 Å². The summed E-state index contributed by atoms with van der Waals surface area (Å²) in [6.45, 7) is 0. The number of halogens is 1. The summed E-state index contributed by atoms with van der Waals surface area (Å²) in [5, 5.41) is 15.2. The molecule has 0 atom stereocenters. The van der Waals surface area contributed by atoms with Crippen LogP contribution in [0.5, 0.6) is 0 Å². The number of aliphatic carboxylic acids is 1. The van der Waals surface area contributed by atoms with E-state index in [9.17, 15) is 4.79 Å². The number of hydrogen-bond donors (Lipinski definition) is 2. The van der Waals surface area contributed by atoms with Crippen molar-refractivity contribution in [3.63, 3.8) is 0 Å². The highest BCUT2D eigenvalue weighted by Gasteiger charge is 2.34. The average Bonchev–Trinajstić information content (AvgIpc) is 2.63. The number of carboxylic acid groups (broad SMARTS) is 1. The second-order valence-electron chi connectivity index (χ2n) is 4.51. The van der Waals surface area contributed by atoms with E-state index in [-0.39, 0.29) is 12.0 Å². The number of anilines is 1. The van der Waals surface area contributed by atoms with Crippen molar-refractivity contribution < 1.29 is 9.90 Å². The smallest absolute Gasteiger partial charge is 0.305 e. The third kappa shape index (κ3) is 3.33. The maximum Gasteiger partial charge on any atom is 0.305 e. The van der Waals surface area contributed by atoms with Crippen molar-refractivity contribution in [3.05, 3.63) is 10.5 Å². The molecular weight excluding hydrogens is 260 g/mol. The van der Waals surface area contributed by atoms with Gasteiger partial charge in [0.2, 0.25) is 0 Å². The summed E-state index contributed by atoms with van der Waals surface area (Å²) in [5.41, 5.74) is -0.342. The molecule has 4 nitrogen and oxygen atoms in total. The monoisotopic (exact) mass is 274 g/mol. The first-order chi connectivity index (χ1) is 8.10. The largest absolute Gasteiger partial charge is 0.481 e. The van der Waals surface area contributed by atoms with Crippen LogP contribution in [0.4, 0.5) is 5.13 Å². The molecule has 1 aromatic heterocycles. The minimum atomic E-state index is -0.762. The molecular formula is C11H15ClN2O2S.